The molecule has 1 aliphatic rings. The van der Waals surface area contributed by atoms with Crippen LogP contribution in [0.15, 0.2) is 18.2 Å². The summed E-state index contributed by atoms with van der Waals surface area (Å²) in [6.45, 7) is 6.41. The van der Waals surface area contributed by atoms with Gasteiger partial charge >= 0.3 is 0 Å². The highest BCUT2D eigenvalue weighted by molar-refractivity contribution is 5.96. The van der Waals surface area contributed by atoms with Crippen molar-refractivity contribution in [2.75, 3.05) is 11.9 Å². The number of aryl methyl sites for hydroxylation is 1. The number of amides is 2. The number of hydrogen-bond acceptors (Lipinski definition) is 3. The van der Waals surface area contributed by atoms with E-state index in [0.717, 1.165) is 11.3 Å². The minimum Gasteiger partial charge on any atom is -0.350 e. The lowest BCUT2D eigenvalue weighted by molar-refractivity contribution is -0.116. The lowest BCUT2D eigenvalue weighted by Crippen LogP contribution is -2.38. The minimum atomic E-state index is -0.121. The Morgan fingerprint density at radius 2 is 1.96 bits per heavy atom. The van der Waals surface area contributed by atoms with Gasteiger partial charge in [0.05, 0.1) is 0 Å². The molecule has 0 aromatic heterocycles. The van der Waals surface area contributed by atoms with Gasteiger partial charge in [-0.2, -0.15) is 0 Å². The molecule has 1 atom stereocenters. The molecule has 24 heavy (non-hydrogen) atoms. The Kier molecular flexibility index (Phi) is 7.70. The van der Waals surface area contributed by atoms with E-state index in [1.165, 1.54) is 12.8 Å². The molecule has 0 spiro atoms. The topological polar surface area (TPSA) is 84.2 Å². The number of benzene rings is 1. The summed E-state index contributed by atoms with van der Waals surface area (Å²) in [5.41, 5.74) is 8.21. The average Bonchev–Trinajstić information content (AvgIpc) is 3.30. The Morgan fingerprint density at radius 1 is 1.29 bits per heavy atom. The molecule has 1 aromatic rings. The molecule has 2 rings (SSSR count). The summed E-state index contributed by atoms with van der Waals surface area (Å²) in [5.74, 6) is 0.756. The van der Waals surface area contributed by atoms with Gasteiger partial charge in [0.15, 0.2) is 0 Å². The standard InChI is InChI=1S/C18H27N3O2.ClH/c1-11(2)8-17(22)21-16-7-6-14(9-12(16)3)18(23)20-10-15(19)13-4-5-13;/h6-7,9,11,13,15H,4-5,8,10,19H2,1-3H3,(H,20,23)(H,21,22);1H. The maximum atomic E-state index is 12.2. The first-order valence-corrected chi connectivity index (χ1v) is 8.31. The van der Waals surface area contributed by atoms with E-state index in [-0.39, 0.29) is 30.3 Å². The van der Waals surface area contributed by atoms with Gasteiger partial charge in [0.1, 0.15) is 0 Å². The smallest absolute Gasteiger partial charge is 0.251 e. The molecule has 0 saturated heterocycles. The summed E-state index contributed by atoms with van der Waals surface area (Å²) in [6, 6.07) is 5.36. The van der Waals surface area contributed by atoms with Gasteiger partial charge in [-0.1, -0.05) is 13.8 Å². The molecule has 2 amide bonds. The van der Waals surface area contributed by atoms with Crippen molar-refractivity contribution in [3.05, 3.63) is 29.3 Å². The fourth-order valence-electron chi connectivity index (χ4n) is 2.52. The predicted molar refractivity (Wildman–Crippen MR) is 99.5 cm³/mol. The summed E-state index contributed by atoms with van der Waals surface area (Å²) in [4.78, 5) is 24.0. The van der Waals surface area contributed by atoms with Crippen molar-refractivity contribution >= 4 is 29.9 Å². The summed E-state index contributed by atoms with van der Waals surface area (Å²) >= 11 is 0. The molecule has 0 aliphatic heterocycles. The van der Waals surface area contributed by atoms with Crippen molar-refractivity contribution in [2.24, 2.45) is 17.6 Å². The van der Waals surface area contributed by atoms with Gasteiger partial charge in [-0.15, -0.1) is 12.4 Å². The second-order valence-electron chi connectivity index (χ2n) is 6.89. The summed E-state index contributed by atoms with van der Waals surface area (Å²) in [5, 5.41) is 5.77. The van der Waals surface area contributed by atoms with Crippen molar-refractivity contribution < 1.29 is 9.59 Å². The first-order valence-electron chi connectivity index (χ1n) is 8.31. The number of hydrogen-bond donors (Lipinski definition) is 3. The monoisotopic (exact) mass is 353 g/mol. The first kappa shape index (κ1) is 20.5. The molecule has 5 nitrogen and oxygen atoms in total. The third-order valence-electron chi connectivity index (χ3n) is 4.08. The van der Waals surface area contributed by atoms with Crippen LogP contribution in [0.25, 0.3) is 0 Å². The molecule has 1 aromatic carbocycles. The lowest BCUT2D eigenvalue weighted by atomic mass is 10.1. The highest BCUT2D eigenvalue weighted by atomic mass is 35.5. The molecule has 6 heteroatoms. The van der Waals surface area contributed by atoms with E-state index in [0.29, 0.717) is 30.4 Å². The van der Waals surface area contributed by atoms with Crippen molar-refractivity contribution in [3.63, 3.8) is 0 Å². The largest absolute Gasteiger partial charge is 0.350 e. The molecular formula is C18H28ClN3O2. The van der Waals surface area contributed by atoms with E-state index in [4.69, 9.17) is 5.73 Å². The Morgan fingerprint density at radius 3 is 2.50 bits per heavy atom. The highest BCUT2D eigenvalue weighted by Gasteiger charge is 2.28. The van der Waals surface area contributed by atoms with Crippen LogP contribution < -0.4 is 16.4 Å². The van der Waals surface area contributed by atoms with Crippen molar-refractivity contribution in [1.82, 2.24) is 5.32 Å². The fraction of sp³-hybridized carbons (Fsp3) is 0.556. The number of halogens is 1. The predicted octanol–water partition coefficient (Wildman–Crippen LogP) is 2.87. The maximum Gasteiger partial charge on any atom is 0.251 e. The van der Waals surface area contributed by atoms with E-state index in [1.54, 1.807) is 18.2 Å². The Balaban J connectivity index is 0.00000288. The Labute approximate surface area is 150 Å². The Bertz CT molecular complexity index is 586. The molecule has 1 aliphatic carbocycles. The summed E-state index contributed by atoms with van der Waals surface area (Å²) < 4.78 is 0. The van der Waals surface area contributed by atoms with Crippen LogP contribution in [0.1, 0.15) is 49.0 Å². The van der Waals surface area contributed by atoms with Crippen LogP contribution in [0.4, 0.5) is 5.69 Å². The molecule has 1 fully saturated rings. The number of nitrogens with one attached hydrogen (secondary N) is 2. The number of carbonyl (C=O) groups excluding carboxylic acids is 2. The quantitative estimate of drug-likeness (QED) is 0.704. The first-order chi connectivity index (χ1) is 10.9. The third-order valence-corrected chi connectivity index (χ3v) is 4.08. The SMILES string of the molecule is Cc1cc(C(=O)NCC(N)C2CC2)ccc1NC(=O)CC(C)C.Cl. The van der Waals surface area contributed by atoms with Crippen molar-refractivity contribution in [1.29, 1.82) is 0 Å². The fourth-order valence-corrected chi connectivity index (χ4v) is 2.52. The zero-order valence-electron chi connectivity index (χ0n) is 14.6. The van der Waals surface area contributed by atoms with Gasteiger partial charge in [-0.25, -0.2) is 0 Å². The van der Waals surface area contributed by atoms with Crippen LogP contribution in [0, 0.1) is 18.8 Å². The highest BCUT2D eigenvalue weighted by Crippen LogP contribution is 2.31. The van der Waals surface area contributed by atoms with Crippen LogP contribution in [0.3, 0.4) is 0 Å². The van der Waals surface area contributed by atoms with Gasteiger partial charge in [0.2, 0.25) is 5.91 Å². The summed E-state index contributed by atoms with van der Waals surface area (Å²) in [7, 11) is 0. The summed E-state index contributed by atoms with van der Waals surface area (Å²) in [6.07, 6.45) is 2.82. The Hall–Kier alpha value is -1.59. The van der Waals surface area contributed by atoms with E-state index in [2.05, 4.69) is 10.6 Å². The van der Waals surface area contributed by atoms with E-state index in [9.17, 15) is 9.59 Å². The number of rotatable bonds is 7. The molecule has 0 heterocycles. The lowest BCUT2D eigenvalue weighted by Gasteiger charge is -2.13. The molecule has 134 valence electrons. The van der Waals surface area contributed by atoms with Gasteiger partial charge in [0.25, 0.3) is 5.91 Å². The van der Waals surface area contributed by atoms with Gasteiger partial charge in [-0.3, -0.25) is 9.59 Å². The minimum absolute atomic E-state index is 0. The van der Waals surface area contributed by atoms with Crippen LogP contribution in [0.2, 0.25) is 0 Å². The van der Waals surface area contributed by atoms with Crippen LogP contribution >= 0.6 is 12.4 Å². The molecule has 0 radical (unpaired) electrons. The normalized spacial score (nSPS) is 14.7. The van der Waals surface area contributed by atoms with Crippen LogP contribution in [0.5, 0.6) is 0 Å². The van der Waals surface area contributed by atoms with Crippen molar-refractivity contribution in [2.45, 2.75) is 46.1 Å². The van der Waals surface area contributed by atoms with Crippen LogP contribution in [-0.2, 0) is 4.79 Å². The third kappa shape index (κ3) is 6.13. The molecular weight excluding hydrogens is 326 g/mol. The molecule has 1 unspecified atom stereocenters. The van der Waals surface area contributed by atoms with E-state index >= 15 is 0 Å². The van der Waals surface area contributed by atoms with Gasteiger partial charge < -0.3 is 16.4 Å². The van der Waals surface area contributed by atoms with E-state index in [1.807, 2.05) is 20.8 Å². The zero-order valence-corrected chi connectivity index (χ0v) is 15.4. The number of nitrogens with two attached hydrogens (primary N) is 1. The van der Waals surface area contributed by atoms with Crippen LogP contribution in [-0.4, -0.2) is 24.4 Å². The number of anilines is 1. The van der Waals surface area contributed by atoms with Crippen molar-refractivity contribution in [3.8, 4) is 0 Å². The number of carbonyl (C=O) groups is 2. The van der Waals surface area contributed by atoms with Gasteiger partial charge in [-0.05, 0) is 55.4 Å². The molecule has 0 bridgehead atoms. The molecule has 1 saturated carbocycles. The second-order valence-corrected chi connectivity index (χ2v) is 6.89. The average molecular weight is 354 g/mol. The molecule has 4 N–H and O–H groups in total. The second kappa shape index (κ2) is 9.04. The zero-order chi connectivity index (χ0) is 17.0. The maximum absolute atomic E-state index is 12.2. The van der Waals surface area contributed by atoms with Gasteiger partial charge in [0, 0.05) is 30.3 Å². The van der Waals surface area contributed by atoms with E-state index < -0.39 is 0 Å².